The standard InChI is InChI=1S/C11H10FN3O3/c12-9-4-2-1-3-8(9)10(16)5-14-6-11(13-7-14)15(17)18/h1-4,6-7,10,16H,5H2. The number of aromatic nitrogens is 2. The first-order chi connectivity index (χ1) is 8.58. The summed E-state index contributed by atoms with van der Waals surface area (Å²) in [5, 5.41) is 20.3. The highest BCUT2D eigenvalue weighted by atomic mass is 19.1. The summed E-state index contributed by atoms with van der Waals surface area (Å²) < 4.78 is 14.7. The van der Waals surface area contributed by atoms with Crippen LogP contribution in [0.15, 0.2) is 36.8 Å². The van der Waals surface area contributed by atoms with Crippen molar-refractivity contribution in [2.24, 2.45) is 0 Å². The molecule has 0 aliphatic carbocycles. The smallest absolute Gasteiger partial charge is 0.381 e. The predicted octanol–water partition coefficient (Wildman–Crippen LogP) is 1.66. The number of nitro groups is 1. The van der Waals surface area contributed by atoms with E-state index >= 15 is 0 Å². The van der Waals surface area contributed by atoms with Crippen LogP contribution in [0.4, 0.5) is 10.2 Å². The number of aliphatic hydroxyl groups excluding tert-OH is 1. The zero-order chi connectivity index (χ0) is 13.1. The van der Waals surface area contributed by atoms with E-state index in [1.807, 2.05) is 0 Å². The van der Waals surface area contributed by atoms with Crippen molar-refractivity contribution in [2.45, 2.75) is 12.6 Å². The number of aliphatic hydroxyl groups is 1. The van der Waals surface area contributed by atoms with E-state index in [9.17, 15) is 19.6 Å². The molecule has 1 unspecified atom stereocenters. The van der Waals surface area contributed by atoms with Crippen molar-refractivity contribution in [1.29, 1.82) is 0 Å². The van der Waals surface area contributed by atoms with Crippen LogP contribution in [0.3, 0.4) is 0 Å². The summed E-state index contributed by atoms with van der Waals surface area (Å²) in [4.78, 5) is 13.3. The maximum atomic E-state index is 13.4. The molecule has 1 aromatic carbocycles. The van der Waals surface area contributed by atoms with Crippen LogP contribution in [0, 0.1) is 15.9 Å². The minimum Gasteiger partial charge on any atom is -0.386 e. The molecule has 1 N–H and O–H groups in total. The lowest BCUT2D eigenvalue weighted by Crippen LogP contribution is -2.08. The summed E-state index contributed by atoms with van der Waals surface area (Å²) in [6.07, 6.45) is 1.33. The molecular weight excluding hydrogens is 241 g/mol. The summed E-state index contributed by atoms with van der Waals surface area (Å²) >= 11 is 0. The van der Waals surface area contributed by atoms with E-state index in [1.165, 1.54) is 35.3 Å². The summed E-state index contributed by atoms with van der Waals surface area (Å²) in [6, 6.07) is 5.84. The Morgan fingerprint density at radius 2 is 2.22 bits per heavy atom. The number of benzene rings is 1. The van der Waals surface area contributed by atoms with Crippen LogP contribution >= 0.6 is 0 Å². The quantitative estimate of drug-likeness (QED) is 0.661. The summed E-state index contributed by atoms with van der Waals surface area (Å²) in [7, 11) is 0. The van der Waals surface area contributed by atoms with Crippen molar-refractivity contribution in [3.8, 4) is 0 Å². The zero-order valence-corrected chi connectivity index (χ0v) is 9.23. The van der Waals surface area contributed by atoms with Crippen molar-refractivity contribution < 1.29 is 14.4 Å². The summed E-state index contributed by atoms with van der Waals surface area (Å²) in [5.41, 5.74) is 0.147. The second-order valence-corrected chi connectivity index (χ2v) is 3.72. The Kier molecular flexibility index (Phi) is 3.33. The van der Waals surface area contributed by atoms with E-state index < -0.39 is 16.8 Å². The van der Waals surface area contributed by atoms with Gasteiger partial charge in [-0.1, -0.05) is 18.2 Å². The molecule has 0 radical (unpaired) electrons. The van der Waals surface area contributed by atoms with Gasteiger partial charge in [0.15, 0.2) is 0 Å². The first-order valence-electron chi connectivity index (χ1n) is 5.16. The minimum absolute atomic E-state index is 0.00176. The molecular formula is C11H10FN3O3. The fourth-order valence-corrected chi connectivity index (χ4v) is 1.59. The van der Waals surface area contributed by atoms with Crippen LogP contribution in [0.1, 0.15) is 11.7 Å². The average Bonchev–Trinajstić information content (AvgIpc) is 2.78. The third-order valence-corrected chi connectivity index (χ3v) is 2.45. The highest BCUT2D eigenvalue weighted by Gasteiger charge is 2.16. The van der Waals surface area contributed by atoms with Crippen molar-refractivity contribution in [3.63, 3.8) is 0 Å². The molecule has 0 spiro atoms. The molecule has 94 valence electrons. The topological polar surface area (TPSA) is 81.2 Å². The largest absolute Gasteiger partial charge is 0.386 e. The van der Waals surface area contributed by atoms with Crippen molar-refractivity contribution in [2.75, 3.05) is 0 Å². The van der Waals surface area contributed by atoms with Gasteiger partial charge in [-0.3, -0.25) is 0 Å². The molecule has 0 aliphatic heterocycles. The molecule has 1 heterocycles. The third kappa shape index (κ3) is 2.51. The minimum atomic E-state index is -1.08. The number of nitrogens with zero attached hydrogens (tertiary/aromatic N) is 3. The van der Waals surface area contributed by atoms with Crippen molar-refractivity contribution >= 4 is 5.82 Å². The van der Waals surface area contributed by atoms with E-state index in [1.54, 1.807) is 6.07 Å². The highest BCUT2D eigenvalue weighted by Crippen LogP contribution is 2.19. The molecule has 1 atom stereocenters. The van der Waals surface area contributed by atoms with Gasteiger partial charge in [0.25, 0.3) is 0 Å². The van der Waals surface area contributed by atoms with Gasteiger partial charge in [-0.05, 0) is 16.0 Å². The number of rotatable bonds is 4. The van der Waals surface area contributed by atoms with Crippen LogP contribution in [0.25, 0.3) is 0 Å². The first kappa shape index (κ1) is 12.2. The Morgan fingerprint density at radius 1 is 1.50 bits per heavy atom. The lowest BCUT2D eigenvalue weighted by molar-refractivity contribution is -0.389. The van der Waals surface area contributed by atoms with Crippen LogP contribution in [0.5, 0.6) is 0 Å². The van der Waals surface area contributed by atoms with Gasteiger partial charge in [-0.2, -0.15) is 0 Å². The fourth-order valence-electron chi connectivity index (χ4n) is 1.59. The molecule has 2 rings (SSSR count). The van der Waals surface area contributed by atoms with E-state index in [4.69, 9.17) is 0 Å². The van der Waals surface area contributed by atoms with Crippen LogP contribution in [-0.4, -0.2) is 19.6 Å². The molecule has 1 aromatic heterocycles. The lowest BCUT2D eigenvalue weighted by atomic mass is 10.1. The lowest BCUT2D eigenvalue weighted by Gasteiger charge is -2.11. The normalized spacial score (nSPS) is 12.3. The van der Waals surface area contributed by atoms with E-state index in [0.29, 0.717) is 0 Å². The molecule has 2 aromatic rings. The van der Waals surface area contributed by atoms with Crippen LogP contribution < -0.4 is 0 Å². The predicted molar refractivity (Wildman–Crippen MR) is 60.2 cm³/mol. The van der Waals surface area contributed by atoms with E-state index in [-0.39, 0.29) is 17.9 Å². The Morgan fingerprint density at radius 3 is 2.83 bits per heavy atom. The second kappa shape index (κ2) is 4.92. The summed E-state index contributed by atoms with van der Waals surface area (Å²) in [5.74, 6) is -0.824. The van der Waals surface area contributed by atoms with Gasteiger partial charge in [0, 0.05) is 5.56 Å². The maximum Gasteiger partial charge on any atom is 0.381 e. The van der Waals surface area contributed by atoms with Gasteiger partial charge in [0.05, 0.1) is 12.6 Å². The van der Waals surface area contributed by atoms with Crippen molar-refractivity contribution in [1.82, 2.24) is 9.55 Å². The van der Waals surface area contributed by atoms with Gasteiger partial charge in [0.2, 0.25) is 6.33 Å². The van der Waals surface area contributed by atoms with Crippen molar-refractivity contribution in [3.05, 3.63) is 58.3 Å². The van der Waals surface area contributed by atoms with Gasteiger partial charge >= 0.3 is 5.82 Å². The average molecular weight is 251 g/mol. The molecule has 0 amide bonds. The monoisotopic (exact) mass is 251 g/mol. The Hall–Kier alpha value is -2.28. The second-order valence-electron chi connectivity index (χ2n) is 3.72. The summed E-state index contributed by atoms with van der Waals surface area (Å²) in [6.45, 7) is 0.00176. The third-order valence-electron chi connectivity index (χ3n) is 2.45. The zero-order valence-electron chi connectivity index (χ0n) is 9.23. The Labute approximate surface area is 101 Å². The molecule has 0 saturated carbocycles. The first-order valence-corrected chi connectivity index (χ1v) is 5.16. The number of hydrogen-bond donors (Lipinski definition) is 1. The van der Waals surface area contributed by atoms with Crippen LogP contribution in [-0.2, 0) is 6.54 Å². The number of halogens is 1. The Bertz CT molecular complexity index is 570. The maximum absolute atomic E-state index is 13.4. The van der Waals surface area contributed by atoms with E-state index in [0.717, 1.165) is 0 Å². The molecule has 18 heavy (non-hydrogen) atoms. The number of imidazole rings is 1. The molecule has 0 aliphatic rings. The molecule has 6 nitrogen and oxygen atoms in total. The Balaban J connectivity index is 2.13. The SMILES string of the molecule is O=[N+]([O-])c1cn(CC(O)c2ccccc2F)cn1. The fraction of sp³-hybridized carbons (Fsp3) is 0.182. The molecule has 0 fully saturated rings. The molecule has 0 bridgehead atoms. The molecule has 7 heteroatoms. The van der Waals surface area contributed by atoms with Gasteiger partial charge < -0.3 is 19.8 Å². The number of hydrogen-bond acceptors (Lipinski definition) is 4. The highest BCUT2D eigenvalue weighted by molar-refractivity contribution is 5.20. The van der Waals surface area contributed by atoms with Gasteiger partial charge in [0.1, 0.15) is 12.0 Å². The van der Waals surface area contributed by atoms with Crippen LogP contribution in [0.2, 0.25) is 0 Å². The van der Waals surface area contributed by atoms with Gasteiger partial charge in [-0.15, -0.1) is 0 Å². The molecule has 0 saturated heterocycles. The van der Waals surface area contributed by atoms with Gasteiger partial charge in [-0.25, -0.2) is 4.39 Å². The van der Waals surface area contributed by atoms with E-state index in [2.05, 4.69) is 4.98 Å².